The summed E-state index contributed by atoms with van der Waals surface area (Å²) in [7, 11) is 1.46. The van der Waals surface area contributed by atoms with E-state index in [0.29, 0.717) is 12.1 Å². The second-order valence-corrected chi connectivity index (χ2v) is 7.49. The number of benzene rings is 2. The van der Waals surface area contributed by atoms with Crippen LogP contribution in [0.2, 0.25) is 0 Å². The molecule has 0 aliphatic carbocycles. The van der Waals surface area contributed by atoms with Crippen LogP contribution < -0.4 is 10.1 Å². The molecule has 2 aromatic rings. The van der Waals surface area contributed by atoms with E-state index >= 15 is 0 Å². The molecule has 32 heavy (non-hydrogen) atoms. The van der Waals surface area contributed by atoms with Crippen molar-refractivity contribution >= 4 is 29.9 Å². The van der Waals surface area contributed by atoms with Gasteiger partial charge in [-0.1, -0.05) is 18.2 Å². The van der Waals surface area contributed by atoms with Gasteiger partial charge in [-0.3, -0.25) is 9.89 Å². The number of aliphatic hydroxyl groups is 1. The van der Waals surface area contributed by atoms with Crippen molar-refractivity contribution in [2.24, 2.45) is 4.99 Å². The molecule has 9 heteroatoms. The Morgan fingerprint density at radius 3 is 2.41 bits per heavy atom. The average Bonchev–Trinajstić information content (AvgIpc) is 2.78. The highest BCUT2D eigenvalue weighted by molar-refractivity contribution is 14.0. The summed E-state index contributed by atoms with van der Waals surface area (Å²) in [4.78, 5) is 9.01. The maximum atomic E-state index is 13.9. The van der Waals surface area contributed by atoms with Gasteiger partial charge >= 0.3 is 0 Å². The highest BCUT2D eigenvalue weighted by atomic mass is 127. The van der Waals surface area contributed by atoms with Crippen LogP contribution in [0.1, 0.15) is 24.2 Å². The molecule has 1 saturated heterocycles. The SMILES string of the molecule is CCNC(=NCC(O)c1ccc(F)cc1)N1CCN(Cc2ccc(OC)c(F)c2)CC1.I. The van der Waals surface area contributed by atoms with Crippen molar-refractivity contribution < 1.29 is 18.6 Å². The van der Waals surface area contributed by atoms with Crippen LogP contribution in [0.4, 0.5) is 8.78 Å². The van der Waals surface area contributed by atoms with E-state index in [1.165, 1.54) is 25.3 Å². The predicted octanol–water partition coefficient (Wildman–Crippen LogP) is 3.41. The van der Waals surface area contributed by atoms with E-state index in [-0.39, 0.29) is 47.9 Å². The van der Waals surface area contributed by atoms with Crippen molar-refractivity contribution in [3.05, 3.63) is 65.2 Å². The minimum atomic E-state index is -0.791. The number of rotatable bonds is 7. The number of aliphatic hydroxyl groups excluding tert-OH is 1. The fourth-order valence-electron chi connectivity index (χ4n) is 3.57. The molecule has 1 atom stereocenters. The normalized spacial score (nSPS) is 15.8. The molecule has 1 aliphatic rings. The van der Waals surface area contributed by atoms with Gasteiger partial charge in [0.15, 0.2) is 17.5 Å². The standard InChI is InChI=1S/C23H30F2N4O2.HI/c1-3-26-23(27-15-21(30)18-5-7-19(24)8-6-18)29-12-10-28(11-13-29)16-17-4-9-22(31-2)20(25)14-17;/h4-9,14,21,30H,3,10-13,15-16H2,1-2H3,(H,26,27);1H. The van der Waals surface area contributed by atoms with Gasteiger partial charge in [-0.05, 0) is 42.3 Å². The van der Waals surface area contributed by atoms with Gasteiger partial charge in [-0.2, -0.15) is 0 Å². The lowest BCUT2D eigenvalue weighted by Crippen LogP contribution is -2.52. The summed E-state index contributed by atoms with van der Waals surface area (Å²) < 4.78 is 32.0. The van der Waals surface area contributed by atoms with Gasteiger partial charge in [-0.15, -0.1) is 24.0 Å². The van der Waals surface area contributed by atoms with Gasteiger partial charge in [0.05, 0.1) is 19.8 Å². The maximum Gasteiger partial charge on any atom is 0.194 e. The van der Waals surface area contributed by atoms with E-state index in [0.717, 1.165) is 44.2 Å². The Labute approximate surface area is 205 Å². The van der Waals surface area contributed by atoms with Gasteiger partial charge in [0, 0.05) is 39.3 Å². The first-order valence-electron chi connectivity index (χ1n) is 10.5. The van der Waals surface area contributed by atoms with Crippen LogP contribution >= 0.6 is 24.0 Å². The first-order valence-corrected chi connectivity index (χ1v) is 10.5. The molecule has 0 aromatic heterocycles. The van der Waals surface area contributed by atoms with E-state index in [4.69, 9.17) is 4.74 Å². The number of nitrogens with zero attached hydrogens (tertiary/aromatic N) is 3. The summed E-state index contributed by atoms with van der Waals surface area (Å²) in [5.41, 5.74) is 1.55. The lowest BCUT2D eigenvalue weighted by Gasteiger charge is -2.36. The maximum absolute atomic E-state index is 13.9. The fourth-order valence-corrected chi connectivity index (χ4v) is 3.57. The number of aliphatic imine (C=N–C) groups is 1. The topological polar surface area (TPSA) is 60.3 Å². The van der Waals surface area contributed by atoms with Crippen LogP contribution in [0.25, 0.3) is 0 Å². The summed E-state index contributed by atoms with van der Waals surface area (Å²) in [6.07, 6.45) is -0.791. The third-order valence-electron chi connectivity index (χ3n) is 5.30. The number of piperazine rings is 1. The van der Waals surface area contributed by atoms with Gasteiger partial charge in [0.25, 0.3) is 0 Å². The molecule has 1 unspecified atom stereocenters. The van der Waals surface area contributed by atoms with E-state index in [2.05, 4.69) is 20.1 Å². The van der Waals surface area contributed by atoms with Gasteiger partial charge < -0.3 is 20.1 Å². The molecule has 0 amide bonds. The summed E-state index contributed by atoms with van der Waals surface area (Å²) in [6, 6.07) is 10.9. The van der Waals surface area contributed by atoms with Gasteiger partial charge in [-0.25, -0.2) is 8.78 Å². The summed E-state index contributed by atoms with van der Waals surface area (Å²) in [5.74, 6) is 0.324. The Kier molecular flexibility index (Phi) is 10.6. The zero-order chi connectivity index (χ0) is 22.2. The number of ether oxygens (including phenoxy) is 1. The van der Waals surface area contributed by atoms with Crippen LogP contribution in [0.3, 0.4) is 0 Å². The Morgan fingerprint density at radius 1 is 1.12 bits per heavy atom. The van der Waals surface area contributed by atoms with E-state index in [1.807, 2.05) is 13.0 Å². The largest absolute Gasteiger partial charge is 0.494 e. The molecule has 1 aliphatic heterocycles. The molecule has 6 nitrogen and oxygen atoms in total. The molecule has 3 rings (SSSR count). The molecular formula is C23H31F2IN4O2. The van der Waals surface area contributed by atoms with Crippen molar-refractivity contribution in [3.8, 4) is 5.75 Å². The zero-order valence-electron chi connectivity index (χ0n) is 18.4. The van der Waals surface area contributed by atoms with Crippen molar-refractivity contribution in [2.75, 3.05) is 46.4 Å². The van der Waals surface area contributed by atoms with E-state index < -0.39 is 6.10 Å². The second kappa shape index (κ2) is 12.9. The lowest BCUT2D eigenvalue weighted by atomic mass is 10.1. The molecule has 176 valence electrons. The van der Waals surface area contributed by atoms with E-state index in [9.17, 15) is 13.9 Å². The number of methoxy groups -OCH3 is 1. The number of halogens is 3. The van der Waals surface area contributed by atoms with Crippen molar-refractivity contribution in [2.45, 2.75) is 19.6 Å². The molecular weight excluding hydrogens is 529 g/mol. The highest BCUT2D eigenvalue weighted by Gasteiger charge is 2.20. The monoisotopic (exact) mass is 560 g/mol. The first-order chi connectivity index (χ1) is 15.0. The second-order valence-electron chi connectivity index (χ2n) is 7.49. The average molecular weight is 560 g/mol. The fraction of sp³-hybridized carbons (Fsp3) is 0.435. The molecule has 0 spiro atoms. The molecule has 0 bridgehead atoms. The van der Waals surface area contributed by atoms with Crippen LogP contribution in [0.5, 0.6) is 5.75 Å². The van der Waals surface area contributed by atoms with Crippen molar-refractivity contribution in [3.63, 3.8) is 0 Å². The third kappa shape index (κ3) is 7.28. The van der Waals surface area contributed by atoms with Crippen LogP contribution in [0, 0.1) is 11.6 Å². The Hall–Kier alpha value is -1.98. The summed E-state index contributed by atoms with van der Waals surface area (Å²) in [6.45, 7) is 6.77. The Balaban J connectivity index is 0.00000363. The number of hydrogen-bond acceptors (Lipinski definition) is 4. The van der Waals surface area contributed by atoms with Crippen LogP contribution in [-0.2, 0) is 6.54 Å². The molecule has 2 N–H and O–H groups in total. The first kappa shape index (κ1) is 26.3. The quantitative estimate of drug-likeness (QED) is 0.309. The van der Waals surface area contributed by atoms with Crippen LogP contribution in [-0.4, -0.2) is 67.2 Å². The van der Waals surface area contributed by atoms with Crippen molar-refractivity contribution in [1.29, 1.82) is 0 Å². The summed E-state index contributed by atoms with van der Waals surface area (Å²) >= 11 is 0. The molecule has 1 fully saturated rings. The Morgan fingerprint density at radius 2 is 1.81 bits per heavy atom. The predicted molar refractivity (Wildman–Crippen MR) is 133 cm³/mol. The zero-order valence-corrected chi connectivity index (χ0v) is 20.8. The Bertz CT molecular complexity index is 875. The third-order valence-corrected chi connectivity index (χ3v) is 5.30. The molecule has 1 heterocycles. The minimum absolute atomic E-state index is 0. The lowest BCUT2D eigenvalue weighted by molar-refractivity contribution is 0.169. The summed E-state index contributed by atoms with van der Waals surface area (Å²) in [5, 5.41) is 13.6. The highest BCUT2D eigenvalue weighted by Crippen LogP contribution is 2.19. The molecule has 0 saturated carbocycles. The number of hydrogen-bond donors (Lipinski definition) is 2. The van der Waals surface area contributed by atoms with Crippen molar-refractivity contribution in [1.82, 2.24) is 15.1 Å². The number of guanidine groups is 1. The van der Waals surface area contributed by atoms with Crippen LogP contribution in [0.15, 0.2) is 47.5 Å². The molecule has 0 radical (unpaired) electrons. The molecule has 2 aromatic carbocycles. The minimum Gasteiger partial charge on any atom is -0.494 e. The number of nitrogens with one attached hydrogen (secondary N) is 1. The smallest absolute Gasteiger partial charge is 0.194 e. The van der Waals surface area contributed by atoms with Gasteiger partial charge in [0.2, 0.25) is 0 Å². The van der Waals surface area contributed by atoms with E-state index in [1.54, 1.807) is 18.2 Å². The van der Waals surface area contributed by atoms with Gasteiger partial charge in [0.1, 0.15) is 5.82 Å².